The summed E-state index contributed by atoms with van der Waals surface area (Å²) in [6.45, 7) is 0. The number of anilines is 1. The molecule has 0 aromatic carbocycles. The first-order chi connectivity index (χ1) is 7.83. The van der Waals surface area contributed by atoms with E-state index in [0.717, 1.165) is 17.7 Å². The van der Waals surface area contributed by atoms with Crippen LogP contribution < -0.4 is 5.32 Å². The number of nitrogens with zero attached hydrogens (tertiary/aromatic N) is 2. The lowest BCUT2D eigenvalue weighted by Crippen LogP contribution is -2.09. The van der Waals surface area contributed by atoms with Crippen molar-refractivity contribution in [3.05, 3.63) is 26.9 Å². The molecular weight excluding hydrogens is 242 g/mol. The fourth-order valence-electron chi connectivity index (χ4n) is 1.83. The summed E-state index contributed by atoms with van der Waals surface area (Å²) < 4.78 is 0. The van der Waals surface area contributed by atoms with E-state index >= 15 is 0 Å². The number of thiophene rings is 1. The van der Waals surface area contributed by atoms with Crippen molar-refractivity contribution in [3.8, 4) is 0 Å². The van der Waals surface area contributed by atoms with Crippen molar-refractivity contribution in [1.82, 2.24) is 10.2 Å². The topological polar surface area (TPSA) is 54.9 Å². The molecular formula is C10H9N3OS2. The smallest absolute Gasteiger partial charge is 0.267 e. The molecule has 0 atom stereocenters. The third-order valence-corrected chi connectivity index (χ3v) is 4.39. The van der Waals surface area contributed by atoms with Crippen molar-refractivity contribution in [2.75, 3.05) is 5.32 Å². The number of nitrogens with one attached hydrogen (secondary N) is 1. The van der Waals surface area contributed by atoms with E-state index in [0.29, 0.717) is 5.13 Å². The number of rotatable bonds is 2. The molecule has 4 nitrogen and oxygen atoms in total. The van der Waals surface area contributed by atoms with Crippen molar-refractivity contribution in [1.29, 1.82) is 0 Å². The molecule has 6 heteroatoms. The molecule has 2 aromatic heterocycles. The number of fused-ring (bicyclic) bond motifs is 1. The molecule has 1 aliphatic carbocycles. The number of aryl methyl sites for hydroxylation is 2. The molecule has 2 heterocycles. The molecule has 16 heavy (non-hydrogen) atoms. The molecule has 0 spiro atoms. The van der Waals surface area contributed by atoms with Gasteiger partial charge in [-0.05, 0) is 30.9 Å². The summed E-state index contributed by atoms with van der Waals surface area (Å²) in [5.74, 6) is -0.0730. The molecule has 0 saturated heterocycles. The monoisotopic (exact) mass is 251 g/mol. The number of amides is 1. The maximum atomic E-state index is 11.9. The Labute approximate surface area is 100 Å². The van der Waals surface area contributed by atoms with Crippen LogP contribution in [0.1, 0.15) is 26.5 Å². The molecule has 2 aromatic rings. The lowest BCUT2D eigenvalue weighted by molar-refractivity contribution is 0.103. The Bertz CT molecular complexity index is 497. The number of aromatic nitrogens is 2. The zero-order chi connectivity index (χ0) is 11.0. The van der Waals surface area contributed by atoms with Gasteiger partial charge in [-0.1, -0.05) is 11.3 Å². The first-order valence-corrected chi connectivity index (χ1v) is 6.71. The van der Waals surface area contributed by atoms with E-state index < -0.39 is 0 Å². The average Bonchev–Trinajstić information content (AvgIpc) is 2.91. The van der Waals surface area contributed by atoms with E-state index in [2.05, 4.69) is 15.5 Å². The van der Waals surface area contributed by atoms with E-state index in [1.807, 2.05) is 6.07 Å². The Morgan fingerprint density at radius 2 is 2.38 bits per heavy atom. The molecule has 1 amide bonds. The average molecular weight is 251 g/mol. The minimum Gasteiger partial charge on any atom is -0.296 e. The van der Waals surface area contributed by atoms with Gasteiger partial charge in [0.2, 0.25) is 5.13 Å². The highest BCUT2D eigenvalue weighted by molar-refractivity contribution is 7.15. The highest BCUT2D eigenvalue weighted by Gasteiger charge is 2.18. The molecule has 82 valence electrons. The lowest BCUT2D eigenvalue weighted by atomic mass is 10.2. The number of carbonyl (C=O) groups excluding carboxylic acids is 1. The zero-order valence-corrected chi connectivity index (χ0v) is 10.0. The van der Waals surface area contributed by atoms with Gasteiger partial charge < -0.3 is 0 Å². The maximum Gasteiger partial charge on any atom is 0.267 e. The second-order valence-corrected chi connectivity index (χ2v) is 5.58. The Kier molecular flexibility index (Phi) is 2.45. The molecule has 0 radical (unpaired) electrons. The van der Waals surface area contributed by atoms with Crippen LogP contribution in [-0.2, 0) is 12.8 Å². The van der Waals surface area contributed by atoms with Crippen molar-refractivity contribution in [2.45, 2.75) is 19.3 Å². The van der Waals surface area contributed by atoms with E-state index in [9.17, 15) is 4.79 Å². The van der Waals surface area contributed by atoms with Crippen LogP contribution in [0.15, 0.2) is 11.6 Å². The Morgan fingerprint density at radius 3 is 3.12 bits per heavy atom. The van der Waals surface area contributed by atoms with Crippen LogP contribution in [0.4, 0.5) is 5.13 Å². The van der Waals surface area contributed by atoms with Gasteiger partial charge in [0.05, 0.1) is 4.88 Å². The minimum absolute atomic E-state index is 0.0730. The summed E-state index contributed by atoms with van der Waals surface area (Å²) >= 11 is 2.92. The molecule has 0 saturated carbocycles. The van der Waals surface area contributed by atoms with Crippen LogP contribution in [0.3, 0.4) is 0 Å². The molecule has 3 rings (SSSR count). The summed E-state index contributed by atoms with van der Waals surface area (Å²) in [5.41, 5.74) is 2.94. The predicted octanol–water partition coefficient (Wildman–Crippen LogP) is 2.34. The summed E-state index contributed by atoms with van der Waals surface area (Å²) in [5, 5.41) is 10.8. The molecule has 1 aliphatic rings. The number of carbonyl (C=O) groups is 1. The maximum absolute atomic E-state index is 11.9. The Balaban J connectivity index is 1.79. The van der Waals surface area contributed by atoms with Crippen LogP contribution in [0.5, 0.6) is 0 Å². The standard InChI is InChI=1S/C10H9N3OS2/c14-9(12-10-13-11-5-15-10)8-4-6-2-1-3-7(6)16-8/h4-5H,1-3H2,(H,12,13,14). The molecule has 0 aliphatic heterocycles. The molecule has 0 bridgehead atoms. The molecule has 0 fully saturated rings. The van der Waals surface area contributed by atoms with E-state index in [1.54, 1.807) is 16.8 Å². The van der Waals surface area contributed by atoms with Gasteiger partial charge in [-0.3, -0.25) is 10.1 Å². The van der Waals surface area contributed by atoms with Gasteiger partial charge in [-0.2, -0.15) is 0 Å². The van der Waals surface area contributed by atoms with Crippen molar-refractivity contribution < 1.29 is 4.79 Å². The second-order valence-electron chi connectivity index (χ2n) is 3.61. The van der Waals surface area contributed by atoms with Crippen molar-refractivity contribution in [2.24, 2.45) is 0 Å². The summed E-state index contributed by atoms with van der Waals surface area (Å²) in [4.78, 5) is 14.0. The van der Waals surface area contributed by atoms with Gasteiger partial charge in [0.15, 0.2) is 0 Å². The Morgan fingerprint density at radius 1 is 1.44 bits per heavy atom. The normalized spacial score (nSPS) is 13.8. The van der Waals surface area contributed by atoms with Gasteiger partial charge in [-0.25, -0.2) is 0 Å². The van der Waals surface area contributed by atoms with E-state index in [1.165, 1.54) is 28.2 Å². The van der Waals surface area contributed by atoms with Crippen LogP contribution in [0.2, 0.25) is 0 Å². The van der Waals surface area contributed by atoms with Crippen molar-refractivity contribution in [3.63, 3.8) is 0 Å². The van der Waals surface area contributed by atoms with E-state index in [-0.39, 0.29) is 5.91 Å². The fraction of sp³-hybridized carbons (Fsp3) is 0.300. The van der Waals surface area contributed by atoms with Crippen LogP contribution in [-0.4, -0.2) is 16.1 Å². The summed E-state index contributed by atoms with van der Waals surface area (Å²) in [6.07, 6.45) is 3.45. The second kappa shape index (κ2) is 3.95. The van der Waals surface area contributed by atoms with Gasteiger partial charge in [0.1, 0.15) is 5.51 Å². The zero-order valence-electron chi connectivity index (χ0n) is 8.40. The van der Waals surface area contributed by atoms with Crippen LogP contribution >= 0.6 is 22.7 Å². The van der Waals surface area contributed by atoms with Crippen LogP contribution in [0, 0.1) is 0 Å². The first-order valence-electron chi connectivity index (χ1n) is 5.02. The highest BCUT2D eigenvalue weighted by atomic mass is 32.1. The lowest BCUT2D eigenvalue weighted by Gasteiger charge is -1.96. The molecule has 1 N–H and O–H groups in total. The largest absolute Gasteiger partial charge is 0.296 e. The third kappa shape index (κ3) is 1.74. The highest BCUT2D eigenvalue weighted by Crippen LogP contribution is 2.30. The number of hydrogen-bond donors (Lipinski definition) is 1. The first kappa shape index (κ1) is 9.92. The van der Waals surface area contributed by atoms with Crippen LogP contribution in [0.25, 0.3) is 0 Å². The molecule has 0 unspecified atom stereocenters. The van der Waals surface area contributed by atoms with E-state index in [4.69, 9.17) is 0 Å². The van der Waals surface area contributed by atoms with Crippen molar-refractivity contribution >= 4 is 33.7 Å². The Hall–Kier alpha value is -1.27. The van der Waals surface area contributed by atoms with Gasteiger partial charge in [0, 0.05) is 4.88 Å². The van der Waals surface area contributed by atoms with Gasteiger partial charge in [0.25, 0.3) is 5.91 Å². The minimum atomic E-state index is -0.0730. The summed E-state index contributed by atoms with van der Waals surface area (Å²) in [7, 11) is 0. The SMILES string of the molecule is O=C(Nc1nncs1)c1cc2c(s1)CCC2. The number of hydrogen-bond acceptors (Lipinski definition) is 5. The fourth-order valence-corrected chi connectivity index (χ4v) is 3.42. The van der Waals surface area contributed by atoms with Gasteiger partial charge >= 0.3 is 0 Å². The predicted molar refractivity (Wildman–Crippen MR) is 64.2 cm³/mol. The summed E-state index contributed by atoms with van der Waals surface area (Å²) in [6, 6.07) is 2.00. The quantitative estimate of drug-likeness (QED) is 0.891. The third-order valence-electron chi connectivity index (χ3n) is 2.55. The van der Waals surface area contributed by atoms with Gasteiger partial charge in [-0.15, -0.1) is 21.5 Å².